The summed E-state index contributed by atoms with van der Waals surface area (Å²) < 4.78 is 13.1. The number of benzene rings is 1. The van der Waals surface area contributed by atoms with Gasteiger partial charge in [-0.25, -0.2) is 9.18 Å². The third kappa shape index (κ3) is 1.58. The Labute approximate surface area is 91.8 Å². The summed E-state index contributed by atoms with van der Waals surface area (Å²) in [5.41, 5.74) is 1.01. The number of aliphatic imine (C=N–C) groups is 1. The molecule has 0 radical (unpaired) electrons. The monoisotopic (exact) mass is 225 g/mol. The van der Waals surface area contributed by atoms with Crippen molar-refractivity contribution in [1.82, 2.24) is 0 Å². The molecule has 2 rings (SSSR count). The molecule has 0 saturated heterocycles. The Kier molecular flexibility index (Phi) is 2.37. The van der Waals surface area contributed by atoms with Crippen LogP contribution in [0.2, 0.25) is 5.02 Å². The van der Waals surface area contributed by atoms with E-state index in [0.29, 0.717) is 5.56 Å². The average Bonchev–Trinajstić information content (AvgIpc) is 2.96. The van der Waals surface area contributed by atoms with Crippen molar-refractivity contribution in [3.05, 3.63) is 34.1 Å². The van der Waals surface area contributed by atoms with Crippen molar-refractivity contribution in [1.29, 1.82) is 0 Å². The van der Waals surface area contributed by atoms with E-state index in [2.05, 4.69) is 4.99 Å². The topological polar surface area (TPSA) is 29.4 Å². The molecule has 2 nitrogen and oxygen atoms in total. The predicted molar refractivity (Wildman–Crippen MR) is 55.2 cm³/mol. The van der Waals surface area contributed by atoms with Gasteiger partial charge in [-0.1, -0.05) is 17.7 Å². The lowest BCUT2D eigenvalue weighted by Gasteiger charge is -2.13. The first-order chi connectivity index (χ1) is 7.10. The molecule has 1 fully saturated rings. The lowest BCUT2D eigenvalue weighted by molar-refractivity contribution is 0.556. The van der Waals surface area contributed by atoms with Crippen LogP contribution in [0.25, 0.3) is 0 Å². The zero-order chi connectivity index (χ0) is 11.1. The average molecular weight is 226 g/mol. The van der Waals surface area contributed by atoms with E-state index in [4.69, 9.17) is 11.6 Å². The van der Waals surface area contributed by atoms with Crippen molar-refractivity contribution in [2.24, 2.45) is 4.99 Å². The van der Waals surface area contributed by atoms with Crippen LogP contribution in [0.5, 0.6) is 0 Å². The predicted octanol–water partition coefficient (Wildman–Crippen LogP) is 3.11. The SMILES string of the molecule is Cc1c(C2(N=C=O)CC2)ccc(F)c1Cl. The number of nitrogens with zero attached hydrogens (tertiary/aromatic N) is 1. The number of hydrogen-bond donors (Lipinski definition) is 0. The van der Waals surface area contributed by atoms with Gasteiger partial charge in [-0.15, -0.1) is 0 Å². The van der Waals surface area contributed by atoms with E-state index in [1.165, 1.54) is 6.07 Å². The quantitative estimate of drug-likeness (QED) is 0.562. The number of isocyanates is 1. The van der Waals surface area contributed by atoms with Gasteiger partial charge >= 0.3 is 0 Å². The van der Waals surface area contributed by atoms with E-state index < -0.39 is 11.4 Å². The van der Waals surface area contributed by atoms with Crippen LogP contribution in [0.15, 0.2) is 17.1 Å². The minimum absolute atomic E-state index is 0.111. The molecule has 0 atom stereocenters. The summed E-state index contributed by atoms with van der Waals surface area (Å²) in [6.07, 6.45) is 3.16. The van der Waals surface area contributed by atoms with Crippen molar-refractivity contribution >= 4 is 17.7 Å². The van der Waals surface area contributed by atoms with Crippen LogP contribution in [-0.4, -0.2) is 6.08 Å². The van der Waals surface area contributed by atoms with Crippen LogP contribution in [0.3, 0.4) is 0 Å². The van der Waals surface area contributed by atoms with E-state index in [0.717, 1.165) is 18.4 Å². The van der Waals surface area contributed by atoms with Crippen LogP contribution in [0.1, 0.15) is 24.0 Å². The summed E-state index contributed by atoms with van der Waals surface area (Å²) in [5.74, 6) is -0.441. The molecule has 1 aromatic rings. The number of halogens is 2. The fourth-order valence-electron chi connectivity index (χ4n) is 1.80. The second-order valence-corrected chi connectivity index (χ2v) is 4.15. The van der Waals surface area contributed by atoms with Gasteiger partial charge in [-0.2, -0.15) is 4.99 Å². The molecule has 1 aromatic carbocycles. The molecule has 0 unspecified atom stereocenters. The third-order valence-corrected chi connectivity index (χ3v) is 3.29. The van der Waals surface area contributed by atoms with Gasteiger partial charge in [0.15, 0.2) is 0 Å². The fourth-order valence-corrected chi connectivity index (χ4v) is 1.97. The van der Waals surface area contributed by atoms with E-state index in [9.17, 15) is 9.18 Å². The summed E-state index contributed by atoms with van der Waals surface area (Å²) in [4.78, 5) is 14.1. The zero-order valence-corrected chi connectivity index (χ0v) is 8.94. The maximum Gasteiger partial charge on any atom is 0.235 e. The van der Waals surface area contributed by atoms with Crippen LogP contribution in [-0.2, 0) is 10.3 Å². The highest BCUT2D eigenvalue weighted by molar-refractivity contribution is 6.31. The molecular weight excluding hydrogens is 217 g/mol. The van der Waals surface area contributed by atoms with Crippen LogP contribution in [0, 0.1) is 12.7 Å². The van der Waals surface area contributed by atoms with E-state index in [-0.39, 0.29) is 5.02 Å². The van der Waals surface area contributed by atoms with Gasteiger partial charge in [-0.05, 0) is 37.0 Å². The molecule has 0 heterocycles. The third-order valence-electron chi connectivity index (χ3n) is 2.82. The Bertz CT molecular complexity index is 462. The highest BCUT2D eigenvalue weighted by atomic mass is 35.5. The van der Waals surface area contributed by atoms with E-state index in [1.54, 1.807) is 19.1 Å². The van der Waals surface area contributed by atoms with Gasteiger partial charge in [0, 0.05) is 0 Å². The van der Waals surface area contributed by atoms with Crippen molar-refractivity contribution in [3.8, 4) is 0 Å². The Morgan fingerprint density at radius 3 is 2.73 bits per heavy atom. The molecule has 1 saturated carbocycles. The molecule has 1 aliphatic rings. The smallest absolute Gasteiger partial charge is 0.211 e. The second-order valence-electron chi connectivity index (χ2n) is 3.77. The molecular formula is C11H9ClFNO. The Hall–Kier alpha value is -1.18. The lowest BCUT2D eigenvalue weighted by atomic mass is 9.99. The summed E-state index contributed by atoms with van der Waals surface area (Å²) in [5, 5.41) is 0.111. The molecule has 0 spiro atoms. The van der Waals surface area contributed by atoms with E-state index >= 15 is 0 Å². The molecule has 0 bridgehead atoms. The normalized spacial score (nSPS) is 17.0. The van der Waals surface area contributed by atoms with Gasteiger partial charge in [0.2, 0.25) is 6.08 Å². The first kappa shape index (κ1) is 10.3. The van der Waals surface area contributed by atoms with Gasteiger partial charge in [0.1, 0.15) is 5.82 Å². The van der Waals surface area contributed by atoms with Crippen molar-refractivity contribution < 1.29 is 9.18 Å². The molecule has 15 heavy (non-hydrogen) atoms. The molecule has 1 aliphatic carbocycles. The summed E-state index contributed by atoms with van der Waals surface area (Å²) in [6, 6.07) is 2.95. The minimum atomic E-state index is -0.483. The standard InChI is InChI=1S/C11H9ClFNO/c1-7-8(2-3-9(13)10(7)12)11(4-5-11)14-6-15/h2-3H,4-5H2,1H3. The fraction of sp³-hybridized carbons (Fsp3) is 0.364. The first-order valence-corrected chi connectivity index (χ1v) is 5.03. The summed E-state index contributed by atoms with van der Waals surface area (Å²) in [6.45, 7) is 1.74. The van der Waals surface area contributed by atoms with Crippen LogP contribution in [0.4, 0.5) is 4.39 Å². The van der Waals surface area contributed by atoms with Gasteiger partial charge in [-0.3, -0.25) is 0 Å². The van der Waals surface area contributed by atoms with Crippen LogP contribution < -0.4 is 0 Å². The lowest BCUT2D eigenvalue weighted by Crippen LogP contribution is -2.05. The molecule has 0 amide bonds. The van der Waals surface area contributed by atoms with Crippen molar-refractivity contribution in [2.75, 3.05) is 0 Å². The highest BCUT2D eigenvalue weighted by Crippen LogP contribution is 2.51. The maximum absolute atomic E-state index is 13.1. The minimum Gasteiger partial charge on any atom is -0.211 e. The van der Waals surface area contributed by atoms with Gasteiger partial charge in [0.25, 0.3) is 0 Å². The van der Waals surface area contributed by atoms with Gasteiger partial charge < -0.3 is 0 Å². The molecule has 0 N–H and O–H groups in total. The molecule has 4 heteroatoms. The first-order valence-electron chi connectivity index (χ1n) is 4.65. The molecule has 78 valence electrons. The van der Waals surface area contributed by atoms with Crippen LogP contribution >= 0.6 is 11.6 Å². The van der Waals surface area contributed by atoms with Crippen molar-refractivity contribution in [2.45, 2.75) is 25.3 Å². The summed E-state index contributed by atoms with van der Waals surface area (Å²) in [7, 11) is 0. The van der Waals surface area contributed by atoms with E-state index in [1.807, 2.05) is 0 Å². The van der Waals surface area contributed by atoms with Gasteiger partial charge in [0.05, 0.1) is 10.6 Å². The maximum atomic E-state index is 13.1. The second kappa shape index (κ2) is 3.44. The highest BCUT2D eigenvalue weighted by Gasteiger charge is 2.46. The Morgan fingerprint density at radius 1 is 1.53 bits per heavy atom. The zero-order valence-electron chi connectivity index (χ0n) is 8.18. The largest absolute Gasteiger partial charge is 0.235 e. The number of rotatable bonds is 2. The number of hydrogen-bond acceptors (Lipinski definition) is 2. The van der Waals surface area contributed by atoms with Crippen molar-refractivity contribution in [3.63, 3.8) is 0 Å². The molecule has 0 aliphatic heterocycles. The Morgan fingerprint density at radius 2 is 2.20 bits per heavy atom. The number of carbonyl (C=O) groups excluding carboxylic acids is 1. The molecule has 0 aromatic heterocycles. The Balaban J connectivity index is 2.55. The summed E-state index contributed by atoms with van der Waals surface area (Å²) >= 11 is 5.80.